The fourth-order valence-corrected chi connectivity index (χ4v) is 1.96. The van der Waals surface area contributed by atoms with Crippen LogP contribution in [-0.2, 0) is 4.79 Å². The minimum Gasteiger partial charge on any atom is -0.350 e. The monoisotopic (exact) mass is 262 g/mol. The van der Waals surface area contributed by atoms with E-state index in [1.54, 1.807) is 0 Å². The Hall–Kier alpha value is -1.35. The zero-order valence-electron chi connectivity index (χ0n) is 12.7. The molecular weight excluding hydrogens is 236 g/mol. The molecule has 2 atom stereocenters. The summed E-state index contributed by atoms with van der Waals surface area (Å²) < 4.78 is 0. The van der Waals surface area contributed by atoms with E-state index >= 15 is 0 Å². The first-order chi connectivity index (χ1) is 8.71. The molecule has 0 aliphatic heterocycles. The molecule has 0 aliphatic carbocycles. The van der Waals surface area contributed by atoms with E-state index in [0.29, 0.717) is 6.42 Å². The largest absolute Gasteiger partial charge is 0.350 e. The van der Waals surface area contributed by atoms with Crippen molar-refractivity contribution in [3.05, 3.63) is 35.4 Å². The summed E-state index contributed by atoms with van der Waals surface area (Å²) in [5.74, 6) is 0.0122. The number of carbonyl (C=O) groups is 1. The van der Waals surface area contributed by atoms with E-state index in [4.69, 9.17) is 5.73 Å². The van der Waals surface area contributed by atoms with Gasteiger partial charge in [0, 0.05) is 12.5 Å². The van der Waals surface area contributed by atoms with Crippen LogP contribution in [0.5, 0.6) is 0 Å². The Morgan fingerprint density at radius 2 is 1.89 bits per heavy atom. The highest BCUT2D eigenvalue weighted by atomic mass is 16.1. The fraction of sp³-hybridized carbons (Fsp3) is 0.562. The molecule has 3 N–H and O–H groups in total. The number of hydrogen-bond donors (Lipinski definition) is 2. The fourth-order valence-electron chi connectivity index (χ4n) is 1.96. The average Bonchev–Trinajstić information content (AvgIpc) is 2.27. The third-order valence-corrected chi connectivity index (χ3v) is 3.55. The normalized spacial score (nSPS) is 14.8. The highest BCUT2D eigenvalue weighted by molar-refractivity contribution is 5.77. The van der Waals surface area contributed by atoms with E-state index in [0.717, 1.165) is 5.56 Å². The van der Waals surface area contributed by atoms with Crippen molar-refractivity contribution in [2.24, 2.45) is 11.1 Å². The van der Waals surface area contributed by atoms with Gasteiger partial charge in [-0.2, -0.15) is 0 Å². The van der Waals surface area contributed by atoms with Crippen LogP contribution < -0.4 is 11.1 Å². The van der Waals surface area contributed by atoms with Gasteiger partial charge in [0.2, 0.25) is 5.91 Å². The molecule has 0 heterocycles. The number of hydrogen-bond acceptors (Lipinski definition) is 2. The molecule has 0 aromatic heterocycles. The third kappa shape index (κ3) is 4.67. The minimum absolute atomic E-state index is 0.0122. The number of nitrogens with one attached hydrogen (secondary N) is 1. The molecule has 0 bridgehead atoms. The molecule has 0 aliphatic rings. The lowest BCUT2D eigenvalue weighted by Gasteiger charge is -2.27. The first-order valence-corrected chi connectivity index (χ1v) is 6.82. The summed E-state index contributed by atoms with van der Waals surface area (Å²) in [5.41, 5.74) is 8.33. The predicted molar refractivity (Wildman–Crippen MR) is 79.8 cm³/mol. The standard InChI is InChI=1S/C16H26N2O/c1-11-8-6-7-9-13(11)12(2)18-15(19)10-14(17)16(3,4)5/h6-9,12,14H,10,17H2,1-5H3,(H,18,19)/t12-,14?/m1/s1. The van der Waals surface area contributed by atoms with Gasteiger partial charge in [0.25, 0.3) is 0 Å². The lowest BCUT2D eigenvalue weighted by Crippen LogP contribution is -2.40. The molecule has 0 saturated carbocycles. The summed E-state index contributed by atoms with van der Waals surface area (Å²) in [6.07, 6.45) is 0.361. The number of aryl methyl sites for hydroxylation is 1. The van der Waals surface area contributed by atoms with Crippen molar-refractivity contribution in [2.75, 3.05) is 0 Å². The van der Waals surface area contributed by atoms with Crippen LogP contribution >= 0.6 is 0 Å². The van der Waals surface area contributed by atoms with E-state index in [-0.39, 0.29) is 23.4 Å². The molecule has 1 aromatic rings. The molecule has 0 spiro atoms. The van der Waals surface area contributed by atoms with Gasteiger partial charge in [-0.15, -0.1) is 0 Å². The van der Waals surface area contributed by atoms with Crippen molar-refractivity contribution in [3.8, 4) is 0 Å². The lowest BCUT2D eigenvalue weighted by atomic mass is 9.85. The number of carbonyl (C=O) groups excluding carboxylic acids is 1. The summed E-state index contributed by atoms with van der Waals surface area (Å²) in [4.78, 5) is 12.0. The molecule has 1 unspecified atom stereocenters. The third-order valence-electron chi connectivity index (χ3n) is 3.55. The molecule has 3 heteroatoms. The van der Waals surface area contributed by atoms with E-state index in [1.807, 2.05) is 25.1 Å². The molecule has 3 nitrogen and oxygen atoms in total. The van der Waals surface area contributed by atoms with Crippen molar-refractivity contribution < 1.29 is 4.79 Å². The van der Waals surface area contributed by atoms with Gasteiger partial charge in [0.05, 0.1) is 6.04 Å². The van der Waals surface area contributed by atoms with Crippen LogP contribution in [0.1, 0.15) is 51.3 Å². The highest BCUT2D eigenvalue weighted by Crippen LogP contribution is 2.21. The molecule has 106 valence electrons. The van der Waals surface area contributed by atoms with E-state index in [1.165, 1.54) is 5.56 Å². The maximum atomic E-state index is 12.0. The Morgan fingerprint density at radius 1 is 1.32 bits per heavy atom. The van der Waals surface area contributed by atoms with Crippen LogP contribution in [0.25, 0.3) is 0 Å². The number of benzene rings is 1. The lowest BCUT2D eigenvalue weighted by molar-refractivity contribution is -0.122. The van der Waals surface area contributed by atoms with Gasteiger partial charge in [0.1, 0.15) is 0 Å². The summed E-state index contributed by atoms with van der Waals surface area (Å²) in [5, 5.41) is 3.02. The number of rotatable bonds is 4. The van der Waals surface area contributed by atoms with Crippen LogP contribution in [0.15, 0.2) is 24.3 Å². The van der Waals surface area contributed by atoms with Crippen molar-refractivity contribution in [1.82, 2.24) is 5.32 Å². The second-order valence-electron chi connectivity index (χ2n) is 6.32. The SMILES string of the molecule is Cc1ccccc1[C@@H](C)NC(=O)CC(N)C(C)(C)C. The first kappa shape index (κ1) is 15.7. The Bertz CT molecular complexity index is 435. The molecule has 1 amide bonds. The van der Waals surface area contributed by atoms with Crippen molar-refractivity contribution in [3.63, 3.8) is 0 Å². The van der Waals surface area contributed by atoms with Gasteiger partial charge in [-0.1, -0.05) is 45.0 Å². The van der Waals surface area contributed by atoms with E-state index in [2.05, 4.69) is 39.1 Å². The molecule has 0 fully saturated rings. The summed E-state index contributed by atoms with van der Waals surface area (Å²) in [6.45, 7) is 10.2. The van der Waals surface area contributed by atoms with Gasteiger partial charge < -0.3 is 11.1 Å². The summed E-state index contributed by atoms with van der Waals surface area (Å²) in [7, 11) is 0. The van der Waals surface area contributed by atoms with Gasteiger partial charge in [-0.3, -0.25) is 4.79 Å². The van der Waals surface area contributed by atoms with Gasteiger partial charge in [0.15, 0.2) is 0 Å². The van der Waals surface area contributed by atoms with Gasteiger partial charge in [-0.05, 0) is 30.4 Å². The Balaban J connectivity index is 2.61. The van der Waals surface area contributed by atoms with Crippen LogP contribution in [-0.4, -0.2) is 11.9 Å². The van der Waals surface area contributed by atoms with Gasteiger partial charge in [-0.25, -0.2) is 0 Å². The van der Waals surface area contributed by atoms with Crippen LogP contribution in [0.3, 0.4) is 0 Å². The van der Waals surface area contributed by atoms with E-state index in [9.17, 15) is 4.79 Å². The Morgan fingerprint density at radius 3 is 2.42 bits per heavy atom. The smallest absolute Gasteiger partial charge is 0.222 e. The molecule has 0 saturated heterocycles. The highest BCUT2D eigenvalue weighted by Gasteiger charge is 2.23. The Labute approximate surface area is 116 Å². The quantitative estimate of drug-likeness (QED) is 0.876. The van der Waals surface area contributed by atoms with Crippen molar-refractivity contribution in [1.29, 1.82) is 0 Å². The molecule has 0 radical (unpaired) electrons. The second kappa shape index (κ2) is 6.20. The zero-order valence-corrected chi connectivity index (χ0v) is 12.7. The van der Waals surface area contributed by atoms with Crippen molar-refractivity contribution in [2.45, 2.75) is 53.1 Å². The zero-order chi connectivity index (χ0) is 14.6. The molecule has 1 aromatic carbocycles. The van der Waals surface area contributed by atoms with Crippen LogP contribution in [0.4, 0.5) is 0 Å². The average molecular weight is 262 g/mol. The van der Waals surface area contributed by atoms with Gasteiger partial charge >= 0.3 is 0 Å². The van der Waals surface area contributed by atoms with E-state index < -0.39 is 0 Å². The molecule has 1 rings (SSSR count). The second-order valence-corrected chi connectivity index (χ2v) is 6.32. The first-order valence-electron chi connectivity index (χ1n) is 6.82. The summed E-state index contributed by atoms with van der Waals surface area (Å²) in [6, 6.07) is 7.98. The maximum absolute atomic E-state index is 12.0. The van der Waals surface area contributed by atoms with Crippen LogP contribution in [0, 0.1) is 12.3 Å². The topological polar surface area (TPSA) is 55.1 Å². The predicted octanol–water partition coefficient (Wildman–Crippen LogP) is 2.94. The summed E-state index contributed by atoms with van der Waals surface area (Å²) >= 11 is 0. The maximum Gasteiger partial charge on any atom is 0.222 e. The number of amides is 1. The van der Waals surface area contributed by atoms with Crippen LogP contribution in [0.2, 0.25) is 0 Å². The number of nitrogens with two attached hydrogens (primary N) is 1. The Kier molecular flexibility index (Phi) is 5.12. The molecular formula is C16H26N2O. The molecule has 19 heavy (non-hydrogen) atoms. The minimum atomic E-state index is -0.128. The van der Waals surface area contributed by atoms with Crippen molar-refractivity contribution >= 4 is 5.91 Å².